The summed E-state index contributed by atoms with van der Waals surface area (Å²) in [5.41, 5.74) is 1.49. The Morgan fingerprint density at radius 2 is 2.13 bits per heavy atom. The first-order chi connectivity index (χ1) is 14.5. The molecule has 9 heteroatoms. The number of nitro benzene ring substituents is 1. The van der Waals surface area contributed by atoms with Gasteiger partial charge < -0.3 is 9.47 Å². The molecule has 4 rings (SSSR count). The average molecular weight is 427 g/mol. The number of rotatable bonds is 7. The molecule has 2 heterocycles. The van der Waals surface area contributed by atoms with Crippen LogP contribution in [-0.2, 0) is 16.0 Å². The largest absolute Gasteiger partial charge is 0.497 e. The minimum atomic E-state index is -0.454. The Bertz CT molecular complexity index is 1060. The van der Waals surface area contributed by atoms with Crippen LogP contribution < -0.4 is 9.64 Å². The van der Waals surface area contributed by atoms with Gasteiger partial charge in [0.05, 0.1) is 41.3 Å². The highest BCUT2D eigenvalue weighted by atomic mass is 32.1. The van der Waals surface area contributed by atoms with Crippen molar-refractivity contribution in [3.05, 3.63) is 58.1 Å². The Hall–Kier alpha value is -3.04. The van der Waals surface area contributed by atoms with Crippen molar-refractivity contribution >= 4 is 38.3 Å². The second-order valence-corrected chi connectivity index (χ2v) is 8.08. The number of anilines is 1. The zero-order chi connectivity index (χ0) is 21.1. The zero-order valence-electron chi connectivity index (χ0n) is 16.4. The molecule has 1 aliphatic rings. The number of non-ortho nitro benzene ring substituents is 1. The van der Waals surface area contributed by atoms with Crippen molar-refractivity contribution in [1.29, 1.82) is 0 Å². The Morgan fingerprint density at radius 1 is 1.33 bits per heavy atom. The second kappa shape index (κ2) is 8.76. The molecule has 1 aromatic heterocycles. The minimum Gasteiger partial charge on any atom is -0.497 e. The fourth-order valence-electron chi connectivity index (χ4n) is 3.42. The van der Waals surface area contributed by atoms with Gasteiger partial charge in [0.2, 0.25) is 5.91 Å². The maximum Gasteiger partial charge on any atom is 0.269 e. The van der Waals surface area contributed by atoms with Gasteiger partial charge in [0.1, 0.15) is 5.75 Å². The van der Waals surface area contributed by atoms with Crippen LogP contribution in [0, 0.1) is 10.1 Å². The molecule has 2 aromatic carbocycles. The summed E-state index contributed by atoms with van der Waals surface area (Å²) in [5, 5.41) is 11.5. The molecule has 1 atom stereocenters. The third-order valence-electron chi connectivity index (χ3n) is 5.03. The number of carbonyl (C=O) groups excluding carboxylic acids is 1. The first-order valence-electron chi connectivity index (χ1n) is 9.63. The van der Waals surface area contributed by atoms with Gasteiger partial charge in [0.25, 0.3) is 5.69 Å². The first-order valence-corrected chi connectivity index (χ1v) is 10.4. The fraction of sp³-hybridized carbons (Fsp3) is 0.333. The van der Waals surface area contributed by atoms with Crippen LogP contribution in [0.1, 0.15) is 18.4 Å². The SMILES string of the molecule is COc1ccc2sc(N(CC3CCCO3)C(=O)Cc3ccc([N+](=O)[O-])cc3)nc2c1. The number of fused-ring (bicyclic) bond motifs is 1. The number of hydrogen-bond donors (Lipinski definition) is 0. The van der Waals surface area contributed by atoms with Crippen LogP contribution in [0.2, 0.25) is 0 Å². The smallest absolute Gasteiger partial charge is 0.269 e. The fourth-order valence-corrected chi connectivity index (χ4v) is 4.39. The Morgan fingerprint density at radius 3 is 2.80 bits per heavy atom. The van der Waals surface area contributed by atoms with Crippen molar-refractivity contribution in [3.63, 3.8) is 0 Å². The number of nitrogens with zero attached hydrogens (tertiary/aromatic N) is 3. The van der Waals surface area contributed by atoms with Gasteiger partial charge in [-0.05, 0) is 30.5 Å². The molecule has 8 nitrogen and oxygen atoms in total. The molecule has 0 bridgehead atoms. The van der Waals surface area contributed by atoms with E-state index in [0.717, 1.165) is 23.1 Å². The summed E-state index contributed by atoms with van der Waals surface area (Å²) in [4.78, 5) is 29.9. The predicted octanol–water partition coefficient (Wildman–Crippen LogP) is 3.97. The molecule has 30 heavy (non-hydrogen) atoms. The van der Waals surface area contributed by atoms with E-state index in [2.05, 4.69) is 4.98 Å². The molecule has 156 valence electrons. The lowest BCUT2D eigenvalue weighted by Gasteiger charge is -2.23. The second-order valence-electron chi connectivity index (χ2n) is 7.07. The summed E-state index contributed by atoms with van der Waals surface area (Å²) >= 11 is 1.45. The quantitative estimate of drug-likeness (QED) is 0.418. The first kappa shape index (κ1) is 20.2. The lowest BCUT2D eigenvalue weighted by atomic mass is 10.1. The number of methoxy groups -OCH3 is 1. The van der Waals surface area contributed by atoms with E-state index >= 15 is 0 Å². The van der Waals surface area contributed by atoms with Crippen molar-refractivity contribution in [2.75, 3.05) is 25.2 Å². The van der Waals surface area contributed by atoms with E-state index in [0.29, 0.717) is 29.6 Å². The number of carbonyl (C=O) groups is 1. The van der Waals surface area contributed by atoms with Crippen LogP contribution in [-0.4, -0.2) is 42.2 Å². The molecule has 1 fully saturated rings. The van der Waals surface area contributed by atoms with E-state index in [4.69, 9.17) is 9.47 Å². The highest BCUT2D eigenvalue weighted by molar-refractivity contribution is 7.22. The van der Waals surface area contributed by atoms with Gasteiger partial charge >= 0.3 is 0 Å². The zero-order valence-corrected chi connectivity index (χ0v) is 17.3. The lowest BCUT2D eigenvalue weighted by molar-refractivity contribution is -0.384. The lowest BCUT2D eigenvalue weighted by Crippen LogP contribution is -2.38. The molecule has 1 unspecified atom stereocenters. The third-order valence-corrected chi connectivity index (χ3v) is 6.09. The highest BCUT2D eigenvalue weighted by Crippen LogP contribution is 2.32. The molecule has 1 amide bonds. The monoisotopic (exact) mass is 427 g/mol. The van der Waals surface area contributed by atoms with Gasteiger partial charge in [-0.2, -0.15) is 0 Å². The molecule has 0 saturated carbocycles. The number of nitro groups is 1. The van der Waals surface area contributed by atoms with Crippen molar-refractivity contribution in [2.24, 2.45) is 0 Å². The van der Waals surface area contributed by atoms with Crippen molar-refractivity contribution in [3.8, 4) is 5.75 Å². The third kappa shape index (κ3) is 4.42. The summed E-state index contributed by atoms with van der Waals surface area (Å²) in [5.74, 6) is 0.590. The van der Waals surface area contributed by atoms with Gasteiger partial charge in [-0.3, -0.25) is 19.8 Å². The predicted molar refractivity (Wildman–Crippen MR) is 114 cm³/mol. The number of ether oxygens (including phenoxy) is 2. The van der Waals surface area contributed by atoms with Crippen LogP contribution >= 0.6 is 11.3 Å². The van der Waals surface area contributed by atoms with Crippen LogP contribution in [0.4, 0.5) is 10.8 Å². The summed E-state index contributed by atoms with van der Waals surface area (Å²) in [7, 11) is 1.60. The van der Waals surface area contributed by atoms with E-state index in [-0.39, 0.29) is 24.1 Å². The van der Waals surface area contributed by atoms with Gasteiger partial charge in [0.15, 0.2) is 5.13 Å². The molecule has 0 aliphatic carbocycles. The highest BCUT2D eigenvalue weighted by Gasteiger charge is 2.26. The normalized spacial score (nSPS) is 16.0. The molecule has 0 spiro atoms. The molecule has 0 radical (unpaired) electrons. The van der Waals surface area contributed by atoms with E-state index in [9.17, 15) is 14.9 Å². The van der Waals surface area contributed by atoms with Crippen molar-refractivity contribution in [2.45, 2.75) is 25.4 Å². The Labute approximate surface area is 177 Å². The van der Waals surface area contributed by atoms with Crippen molar-refractivity contribution in [1.82, 2.24) is 4.98 Å². The standard InChI is InChI=1S/C21H21N3O5S/c1-28-16-8-9-19-18(12-16)22-21(30-19)23(13-17-3-2-10-29-17)20(25)11-14-4-6-15(7-5-14)24(26)27/h4-9,12,17H,2-3,10-11,13H2,1H3. The summed E-state index contributed by atoms with van der Waals surface area (Å²) < 4.78 is 12.0. The molecule has 0 N–H and O–H groups in total. The van der Waals surface area contributed by atoms with Crippen LogP contribution in [0.5, 0.6) is 5.75 Å². The van der Waals surface area contributed by atoms with Gasteiger partial charge in [0, 0.05) is 24.8 Å². The number of thiazole rings is 1. The van der Waals surface area contributed by atoms with Crippen LogP contribution in [0.3, 0.4) is 0 Å². The summed E-state index contributed by atoms with van der Waals surface area (Å²) in [6.07, 6.45) is 1.99. The number of hydrogen-bond acceptors (Lipinski definition) is 7. The topological polar surface area (TPSA) is 94.8 Å². The minimum absolute atomic E-state index is 0.00234. The van der Waals surface area contributed by atoms with Gasteiger partial charge in [-0.1, -0.05) is 23.5 Å². The van der Waals surface area contributed by atoms with E-state index in [1.165, 1.54) is 23.5 Å². The van der Waals surface area contributed by atoms with E-state index in [1.54, 1.807) is 24.1 Å². The Kier molecular flexibility index (Phi) is 5.91. The molecule has 1 aliphatic heterocycles. The van der Waals surface area contributed by atoms with Crippen molar-refractivity contribution < 1.29 is 19.2 Å². The number of benzene rings is 2. The van der Waals surface area contributed by atoms with Crippen LogP contribution in [0.15, 0.2) is 42.5 Å². The van der Waals surface area contributed by atoms with Gasteiger partial charge in [-0.15, -0.1) is 0 Å². The van der Waals surface area contributed by atoms with E-state index < -0.39 is 4.92 Å². The van der Waals surface area contributed by atoms with E-state index in [1.807, 2.05) is 18.2 Å². The Balaban J connectivity index is 1.60. The van der Waals surface area contributed by atoms with Crippen LogP contribution in [0.25, 0.3) is 10.2 Å². The number of aromatic nitrogens is 1. The number of amides is 1. The van der Waals surface area contributed by atoms with Gasteiger partial charge in [-0.25, -0.2) is 4.98 Å². The molecular weight excluding hydrogens is 406 g/mol. The summed E-state index contributed by atoms with van der Waals surface area (Å²) in [6.45, 7) is 1.13. The molecular formula is C21H21N3O5S. The maximum absolute atomic E-state index is 13.2. The summed E-state index contributed by atoms with van der Waals surface area (Å²) in [6, 6.07) is 11.7. The molecule has 1 saturated heterocycles. The molecule has 3 aromatic rings. The maximum atomic E-state index is 13.2. The average Bonchev–Trinajstić information content (AvgIpc) is 3.41.